The third-order valence-electron chi connectivity index (χ3n) is 5.07. The molecule has 0 bridgehead atoms. The summed E-state index contributed by atoms with van der Waals surface area (Å²) in [6.07, 6.45) is 0. The van der Waals surface area contributed by atoms with E-state index in [1.165, 1.54) is 28.7 Å². The molecule has 2 aromatic heterocycles. The molecule has 34 heavy (non-hydrogen) atoms. The minimum atomic E-state index is -0.344. The fourth-order valence-corrected chi connectivity index (χ4v) is 4.69. The van der Waals surface area contributed by atoms with Crippen LogP contribution in [0.25, 0.3) is 11.3 Å². The van der Waals surface area contributed by atoms with E-state index in [2.05, 4.69) is 25.8 Å². The van der Waals surface area contributed by atoms with Gasteiger partial charge in [-0.3, -0.25) is 9.59 Å². The molecule has 0 radical (unpaired) electrons. The van der Waals surface area contributed by atoms with E-state index in [0.29, 0.717) is 21.7 Å². The van der Waals surface area contributed by atoms with Crippen LogP contribution in [0.5, 0.6) is 0 Å². The lowest BCUT2D eigenvalue weighted by Crippen LogP contribution is -2.28. The number of thioether (sulfide) groups is 1. The van der Waals surface area contributed by atoms with Gasteiger partial charge in [0, 0.05) is 23.6 Å². The van der Waals surface area contributed by atoms with Gasteiger partial charge in [0.15, 0.2) is 16.1 Å². The van der Waals surface area contributed by atoms with Gasteiger partial charge in [-0.15, -0.1) is 21.5 Å². The highest BCUT2D eigenvalue weighted by Gasteiger charge is 2.19. The van der Waals surface area contributed by atoms with Crippen LogP contribution in [-0.2, 0) is 11.8 Å². The van der Waals surface area contributed by atoms with Crippen molar-refractivity contribution in [1.29, 1.82) is 0 Å². The average Bonchev–Trinajstić information content (AvgIpc) is 3.45. The summed E-state index contributed by atoms with van der Waals surface area (Å²) in [5, 5.41) is 17.2. The first kappa shape index (κ1) is 23.7. The summed E-state index contributed by atoms with van der Waals surface area (Å²) >= 11 is 2.66. The van der Waals surface area contributed by atoms with Crippen LogP contribution < -0.4 is 10.6 Å². The molecule has 0 aliphatic heterocycles. The normalized spacial score (nSPS) is 11.7. The fourth-order valence-electron chi connectivity index (χ4n) is 3.24. The average molecular weight is 493 g/mol. The summed E-state index contributed by atoms with van der Waals surface area (Å²) in [6, 6.07) is 16.8. The summed E-state index contributed by atoms with van der Waals surface area (Å²) in [6.45, 7) is 3.88. The Labute approximate surface area is 205 Å². The lowest BCUT2D eigenvalue weighted by Gasteiger charge is -2.13. The predicted octanol–water partition coefficient (Wildman–Crippen LogP) is 4.47. The highest BCUT2D eigenvalue weighted by molar-refractivity contribution is 7.99. The second-order valence-electron chi connectivity index (χ2n) is 7.70. The number of rotatable bonds is 8. The Morgan fingerprint density at radius 1 is 1.09 bits per heavy atom. The Hall–Kier alpha value is -3.50. The van der Waals surface area contributed by atoms with Crippen LogP contribution >= 0.6 is 23.1 Å². The van der Waals surface area contributed by atoms with Crippen molar-refractivity contribution in [3.05, 3.63) is 76.9 Å². The maximum absolute atomic E-state index is 12.5. The van der Waals surface area contributed by atoms with Crippen LogP contribution in [0.3, 0.4) is 0 Å². The SMILES string of the molecule is Cc1ccc(-c2csc(NC(=O)CSc3nnc(C(C)NC(=O)c4ccccc4)n3C)n2)cc1. The molecule has 2 N–H and O–H groups in total. The van der Waals surface area contributed by atoms with E-state index in [1.807, 2.05) is 68.7 Å². The third-order valence-corrected chi connectivity index (χ3v) is 6.85. The number of anilines is 1. The first-order valence-corrected chi connectivity index (χ1v) is 12.5. The predicted molar refractivity (Wildman–Crippen MR) is 135 cm³/mol. The van der Waals surface area contributed by atoms with E-state index < -0.39 is 0 Å². The minimum absolute atomic E-state index is 0.163. The first-order chi connectivity index (χ1) is 16.4. The van der Waals surface area contributed by atoms with E-state index in [-0.39, 0.29) is 23.6 Å². The van der Waals surface area contributed by atoms with Crippen LogP contribution in [0, 0.1) is 6.92 Å². The molecular formula is C24H24N6O2S2. The fraction of sp³-hybridized carbons (Fsp3) is 0.208. The number of amides is 2. The Balaban J connectivity index is 1.31. The standard InChI is InChI=1S/C24H24N6O2S2/c1-15-9-11-17(12-10-15)19-13-33-23(26-19)27-20(31)14-34-24-29-28-21(30(24)3)16(2)25-22(32)18-7-5-4-6-8-18/h4-13,16H,14H2,1-3H3,(H,25,32)(H,26,27,31). The third kappa shape index (κ3) is 5.70. The molecule has 4 aromatic rings. The van der Waals surface area contributed by atoms with E-state index in [4.69, 9.17) is 0 Å². The highest BCUT2D eigenvalue weighted by Crippen LogP contribution is 2.26. The molecule has 10 heteroatoms. The molecule has 174 valence electrons. The number of carbonyl (C=O) groups excluding carboxylic acids is 2. The molecule has 0 fully saturated rings. The molecule has 0 spiro atoms. The van der Waals surface area contributed by atoms with Crippen molar-refractivity contribution in [3.8, 4) is 11.3 Å². The van der Waals surface area contributed by atoms with E-state index in [1.54, 1.807) is 16.7 Å². The van der Waals surface area contributed by atoms with Crippen LogP contribution in [-0.4, -0.2) is 37.3 Å². The van der Waals surface area contributed by atoms with Gasteiger partial charge in [0.05, 0.1) is 17.5 Å². The molecule has 0 saturated carbocycles. The van der Waals surface area contributed by atoms with E-state index >= 15 is 0 Å². The van der Waals surface area contributed by atoms with Gasteiger partial charge in [0.1, 0.15) is 0 Å². The highest BCUT2D eigenvalue weighted by atomic mass is 32.2. The van der Waals surface area contributed by atoms with Crippen molar-refractivity contribution >= 4 is 40.0 Å². The van der Waals surface area contributed by atoms with Gasteiger partial charge in [-0.1, -0.05) is 59.8 Å². The van der Waals surface area contributed by atoms with Gasteiger partial charge < -0.3 is 15.2 Å². The van der Waals surface area contributed by atoms with Gasteiger partial charge >= 0.3 is 0 Å². The Morgan fingerprint density at radius 3 is 2.56 bits per heavy atom. The summed E-state index contributed by atoms with van der Waals surface area (Å²) in [7, 11) is 1.81. The Morgan fingerprint density at radius 2 is 1.82 bits per heavy atom. The van der Waals surface area contributed by atoms with Crippen molar-refractivity contribution in [2.45, 2.75) is 25.0 Å². The van der Waals surface area contributed by atoms with Crippen LogP contribution in [0.4, 0.5) is 5.13 Å². The topological polar surface area (TPSA) is 102 Å². The number of aryl methyl sites for hydroxylation is 1. The monoisotopic (exact) mass is 492 g/mol. The molecule has 1 unspecified atom stereocenters. The van der Waals surface area contributed by atoms with Gasteiger partial charge in [-0.05, 0) is 26.0 Å². The quantitative estimate of drug-likeness (QED) is 0.352. The zero-order valence-corrected chi connectivity index (χ0v) is 20.6. The number of thiazole rings is 1. The van der Waals surface area contributed by atoms with Crippen LogP contribution in [0.15, 0.2) is 65.1 Å². The van der Waals surface area contributed by atoms with Crippen molar-refractivity contribution in [2.24, 2.45) is 7.05 Å². The molecule has 0 aliphatic rings. The van der Waals surface area contributed by atoms with Crippen molar-refractivity contribution in [2.75, 3.05) is 11.1 Å². The van der Waals surface area contributed by atoms with Gasteiger partial charge in [0.2, 0.25) is 5.91 Å². The van der Waals surface area contributed by atoms with Crippen molar-refractivity contribution in [3.63, 3.8) is 0 Å². The van der Waals surface area contributed by atoms with E-state index in [0.717, 1.165) is 11.3 Å². The van der Waals surface area contributed by atoms with Crippen molar-refractivity contribution in [1.82, 2.24) is 25.1 Å². The summed E-state index contributed by atoms with van der Waals surface area (Å²) in [5.41, 5.74) is 3.61. The maximum Gasteiger partial charge on any atom is 0.251 e. The number of benzene rings is 2. The largest absolute Gasteiger partial charge is 0.342 e. The van der Waals surface area contributed by atoms with E-state index in [9.17, 15) is 9.59 Å². The van der Waals surface area contributed by atoms with Crippen molar-refractivity contribution < 1.29 is 9.59 Å². The smallest absolute Gasteiger partial charge is 0.251 e. The summed E-state index contributed by atoms with van der Waals surface area (Å²) < 4.78 is 1.78. The molecular weight excluding hydrogens is 468 g/mol. The Bertz CT molecular complexity index is 1280. The van der Waals surface area contributed by atoms with Crippen LogP contribution in [0.1, 0.15) is 34.7 Å². The molecule has 2 aromatic carbocycles. The number of aromatic nitrogens is 4. The maximum atomic E-state index is 12.5. The zero-order valence-electron chi connectivity index (χ0n) is 19.0. The summed E-state index contributed by atoms with van der Waals surface area (Å²) in [4.78, 5) is 29.4. The van der Waals surface area contributed by atoms with Gasteiger partial charge in [-0.2, -0.15) is 0 Å². The lowest BCUT2D eigenvalue weighted by molar-refractivity contribution is -0.113. The van der Waals surface area contributed by atoms with Gasteiger partial charge in [0.25, 0.3) is 5.91 Å². The molecule has 8 nitrogen and oxygen atoms in total. The van der Waals surface area contributed by atoms with Gasteiger partial charge in [-0.25, -0.2) is 4.98 Å². The second kappa shape index (κ2) is 10.6. The number of carbonyl (C=O) groups is 2. The zero-order chi connectivity index (χ0) is 24.1. The summed E-state index contributed by atoms with van der Waals surface area (Å²) in [5.74, 6) is 0.411. The molecule has 2 heterocycles. The minimum Gasteiger partial charge on any atom is -0.342 e. The molecule has 0 saturated heterocycles. The second-order valence-corrected chi connectivity index (χ2v) is 9.50. The molecule has 2 amide bonds. The molecule has 1 atom stereocenters. The number of hydrogen-bond acceptors (Lipinski definition) is 7. The van der Waals surface area contributed by atoms with Crippen LogP contribution in [0.2, 0.25) is 0 Å². The first-order valence-electron chi connectivity index (χ1n) is 10.6. The Kier molecular flexibility index (Phi) is 7.39. The molecule has 0 aliphatic carbocycles. The molecule has 4 rings (SSSR count). The number of hydrogen-bond donors (Lipinski definition) is 2. The lowest BCUT2D eigenvalue weighted by atomic mass is 10.1. The number of nitrogens with one attached hydrogen (secondary N) is 2. The number of nitrogens with zero attached hydrogens (tertiary/aromatic N) is 4.